The largest absolute Gasteiger partial charge is 0.377 e. The Labute approximate surface area is 112 Å². The average molecular weight is 269 g/mol. The van der Waals surface area contributed by atoms with Crippen LogP contribution in [0.15, 0.2) is 24.3 Å². The first-order chi connectivity index (χ1) is 8.58. The molecule has 0 amide bonds. The van der Waals surface area contributed by atoms with Crippen LogP contribution in [0.4, 0.5) is 4.39 Å². The lowest BCUT2D eigenvalue weighted by Gasteiger charge is -2.25. The molecule has 1 saturated heterocycles. The van der Waals surface area contributed by atoms with Gasteiger partial charge in [0.1, 0.15) is 5.82 Å². The highest BCUT2D eigenvalue weighted by molar-refractivity contribution is 8.00. The van der Waals surface area contributed by atoms with Crippen LogP contribution in [0.5, 0.6) is 0 Å². The van der Waals surface area contributed by atoms with E-state index in [0.717, 1.165) is 18.6 Å². The average Bonchev–Trinajstić information content (AvgIpc) is 2.73. The molecular formula is C14H20FNOS. The maximum Gasteiger partial charge on any atom is 0.123 e. The summed E-state index contributed by atoms with van der Waals surface area (Å²) in [6.45, 7) is 4.93. The van der Waals surface area contributed by atoms with Gasteiger partial charge in [-0.25, -0.2) is 4.39 Å². The Balaban J connectivity index is 2.10. The van der Waals surface area contributed by atoms with Gasteiger partial charge < -0.3 is 10.5 Å². The molecule has 0 spiro atoms. The van der Waals surface area contributed by atoms with E-state index >= 15 is 0 Å². The molecule has 2 nitrogen and oxygen atoms in total. The summed E-state index contributed by atoms with van der Waals surface area (Å²) in [6.07, 6.45) is 1.34. The summed E-state index contributed by atoms with van der Waals surface area (Å²) in [4.78, 5) is 0. The molecule has 1 fully saturated rings. The fourth-order valence-electron chi connectivity index (χ4n) is 2.24. The molecule has 1 aromatic rings. The topological polar surface area (TPSA) is 35.2 Å². The molecule has 1 heterocycles. The van der Waals surface area contributed by atoms with Crippen LogP contribution in [0.1, 0.15) is 31.1 Å². The Morgan fingerprint density at radius 3 is 2.56 bits per heavy atom. The van der Waals surface area contributed by atoms with Crippen molar-refractivity contribution in [3.63, 3.8) is 0 Å². The van der Waals surface area contributed by atoms with E-state index in [4.69, 9.17) is 10.5 Å². The Hall–Kier alpha value is -0.580. The minimum absolute atomic E-state index is 0.0354. The quantitative estimate of drug-likeness (QED) is 0.912. The summed E-state index contributed by atoms with van der Waals surface area (Å²) in [6, 6.07) is 6.70. The maximum atomic E-state index is 13.0. The number of benzene rings is 1. The molecule has 100 valence electrons. The molecule has 4 atom stereocenters. The lowest BCUT2D eigenvalue weighted by Crippen LogP contribution is -2.26. The van der Waals surface area contributed by atoms with Gasteiger partial charge in [-0.3, -0.25) is 0 Å². The van der Waals surface area contributed by atoms with Gasteiger partial charge >= 0.3 is 0 Å². The van der Waals surface area contributed by atoms with Gasteiger partial charge in [-0.15, -0.1) is 11.8 Å². The van der Waals surface area contributed by atoms with Gasteiger partial charge in [0.15, 0.2) is 0 Å². The minimum Gasteiger partial charge on any atom is -0.377 e. The maximum absolute atomic E-state index is 13.0. The molecule has 0 aromatic heterocycles. The van der Waals surface area contributed by atoms with Crippen LogP contribution in [0.2, 0.25) is 0 Å². The van der Waals surface area contributed by atoms with E-state index in [2.05, 4.69) is 6.92 Å². The zero-order chi connectivity index (χ0) is 13.1. The van der Waals surface area contributed by atoms with Crippen molar-refractivity contribution < 1.29 is 9.13 Å². The first-order valence-electron chi connectivity index (χ1n) is 6.36. The fraction of sp³-hybridized carbons (Fsp3) is 0.571. The van der Waals surface area contributed by atoms with Gasteiger partial charge in [-0.05, 0) is 38.0 Å². The molecule has 0 radical (unpaired) electrons. The van der Waals surface area contributed by atoms with Crippen LogP contribution >= 0.6 is 11.8 Å². The second kappa shape index (κ2) is 6.04. The van der Waals surface area contributed by atoms with Gasteiger partial charge in [0.2, 0.25) is 0 Å². The second-order valence-electron chi connectivity index (χ2n) is 4.87. The number of hydrogen-bond acceptors (Lipinski definition) is 3. The third-order valence-corrected chi connectivity index (χ3v) is 5.27. The van der Waals surface area contributed by atoms with Crippen molar-refractivity contribution in [2.45, 2.75) is 42.9 Å². The van der Waals surface area contributed by atoms with Crippen LogP contribution in [-0.4, -0.2) is 24.0 Å². The van der Waals surface area contributed by atoms with Crippen LogP contribution in [-0.2, 0) is 4.74 Å². The fourth-order valence-corrected chi connectivity index (χ4v) is 3.71. The van der Waals surface area contributed by atoms with Crippen LogP contribution in [0.3, 0.4) is 0 Å². The lowest BCUT2D eigenvalue weighted by molar-refractivity contribution is 0.127. The number of hydrogen-bond donors (Lipinski definition) is 1. The zero-order valence-corrected chi connectivity index (χ0v) is 11.6. The summed E-state index contributed by atoms with van der Waals surface area (Å²) in [5.74, 6) is -0.204. The predicted molar refractivity (Wildman–Crippen MR) is 74.2 cm³/mol. The first-order valence-corrected chi connectivity index (χ1v) is 7.30. The molecule has 2 rings (SSSR count). The molecule has 4 unspecified atom stereocenters. The Morgan fingerprint density at radius 2 is 2.06 bits per heavy atom. The van der Waals surface area contributed by atoms with Gasteiger partial charge in [0.05, 0.1) is 6.10 Å². The molecular weight excluding hydrogens is 249 g/mol. The Morgan fingerprint density at radius 1 is 1.39 bits per heavy atom. The van der Waals surface area contributed by atoms with Gasteiger partial charge in [0, 0.05) is 23.1 Å². The van der Waals surface area contributed by atoms with E-state index in [9.17, 15) is 4.39 Å². The highest BCUT2D eigenvalue weighted by Gasteiger charge is 2.29. The highest BCUT2D eigenvalue weighted by atomic mass is 32.2. The number of ether oxygens (including phenoxy) is 1. The van der Waals surface area contributed by atoms with E-state index in [0.29, 0.717) is 5.25 Å². The smallest absolute Gasteiger partial charge is 0.123 e. The van der Waals surface area contributed by atoms with Crippen molar-refractivity contribution in [2.75, 3.05) is 6.61 Å². The summed E-state index contributed by atoms with van der Waals surface area (Å²) in [5, 5.41) is 0.672. The predicted octanol–water partition coefficient (Wildman–Crippen LogP) is 3.12. The van der Waals surface area contributed by atoms with E-state index < -0.39 is 0 Å². The van der Waals surface area contributed by atoms with Crippen LogP contribution in [0, 0.1) is 5.82 Å². The Bertz CT molecular complexity index is 382. The van der Waals surface area contributed by atoms with E-state index in [1.807, 2.05) is 30.8 Å². The molecule has 18 heavy (non-hydrogen) atoms. The Kier molecular flexibility index (Phi) is 4.65. The van der Waals surface area contributed by atoms with Crippen molar-refractivity contribution in [1.82, 2.24) is 0 Å². The number of thioether (sulfide) groups is 1. The SMILES string of the molecule is CC(N)C(SC1CCOC1C)c1ccc(F)cc1. The van der Waals surface area contributed by atoms with E-state index in [1.165, 1.54) is 12.1 Å². The third-order valence-electron chi connectivity index (χ3n) is 3.30. The molecule has 1 aliphatic rings. The molecule has 0 bridgehead atoms. The summed E-state index contributed by atoms with van der Waals surface area (Å²) >= 11 is 1.86. The van der Waals surface area contributed by atoms with Crippen molar-refractivity contribution >= 4 is 11.8 Å². The lowest BCUT2D eigenvalue weighted by atomic mass is 10.1. The summed E-state index contributed by atoms with van der Waals surface area (Å²) < 4.78 is 18.5. The summed E-state index contributed by atoms with van der Waals surface area (Å²) in [7, 11) is 0. The first kappa shape index (κ1) is 13.8. The third kappa shape index (κ3) is 3.25. The van der Waals surface area contributed by atoms with Crippen molar-refractivity contribution in [2.24, 2.45) is 5.73 Å². The van der Waals surface area contributed by atoms with Crippen molar-refractivity contribution in [3.8, 4) is 0 Å². The monoisotopic (exact) mass is 269 g/mol. The standard InChI is InChI=1S/C14H20FNOS/c1-9(16)14(11-3-5-12(15)6-4-11)18-13-7-8-17-10(13)2/h3-6,9-10,13-14H,7-8,16H2,1-2H3. The van der Waals surface area contributed by atoms with E-state index in [1.54, 1.807) is 0 Å². The van der Waals surface area contributed by atoms with E-state index in [-0.39, 0.29) is 23.2 Å². The van der Waals surface area contributed by atoms with Crippen LogP contribution in [0.25, 0.3) is 0 Å². The summed E-state index contributed by atoms with van der Waals surface area (Å²) in [5.41, 5.74) is 7.17. The molecule has 0 aliphatic carbocycles. The van der Waals surface area contributed by atoms with Crippen LogP contribution < -0.4 is 5.73 Å². The zero-order valence-electron chi connectivity index (χ0n) is 10.8. The second-order valence-corrected chi connectivity index (χ2v) is 6.26. The minimum atomic E-state index is -0.204. The van der Waals surface area contributed by atoms with Gasteiger partial charge in [0.25, 0.3) is 0 Å². The van der Waals surface area contributed by atoms with Gasteiger partial charge in [-0.1, -0.05) is 12.1 Å². The normalized spacial score (nSPS) is 27.1. The van der Waals surface area contributed by atoms with Gasteiger partial charge in [-0.2, -0.15) is 0 Å². The molecule has 1 aliphatic heterocycles. The number of halogens is 1. The number of rotatable bonds is 4. The highest BCUT2D eigenvalue weighted by Crippen LogP contribution is 2.39. The molecule has 2 N–H and O–H groups in total. The molecule has 4 heteroatoms. The number of nitrogens with two attached hydrogens (primary N) is 1. The molecule has 0 saturated carbocycles. The van der Waals surface area contributed by atoms with Crippen molar-refractivity contribution in [1.29, 1.82) is 0 Å². The molecule has 1 aromatic carbocycles. The van der Waals surface area contributed by atoms with Crippen molar-refractivity contribution in [3.05, 3.63) is 35.6 Å².